The minimum absolute atomic E-state index is 0.178. The summed E-state index contributed by atoms with van der Waals surface area (Å²) >= 11 is 0. The van der Waals surface area contributed by atoms with Gasteiger partial charge in [-0.05, 0) is 36.8 Å². The van der Waals surface area contributed by atoms with E-state index < -0.39 is 30.5 Å². The van der Waals surface area contributed by atoms with Crippen molar-refractivity contribution in [2.24, 2.45) is 5.73 Å². The molecule has 0 aliphatic heterocycles. The smallest absolute Gasteiger partial charge is 0.411 e. The van der Waals surface area contributed by atoms with Crippen molar-refractivity contribution in [2.75, 3.05) is 23.0 Å². The van der Waals surface area contributed by atoms with Crippen LogP contribution in [0.4, 0.5) is 26.5 Å². The SMILES string of the molecule is CCOC(=O)Nc1ccc(NCc2ccc(F)cc2)nc1N.N[C@@H](CC(=O)O)C(=O)O. The Morgan fingerprint density at radius 3 is 2.29 bits per heavy atom. The highest BCUT2D eigenvalue weighted by atomic mass is 19.1. The van der Waals surface area contributed by atoms with Crippen molar-refractivity contribution in [1.29, 1.82) is 0 Å². The Kier molecular flexibility index (Phi) is 10.2. The number of carbonyl (C=O) groups excluding carboxylic acids is 1. The molecule has 11 nitrogen and oxygen atoms in total. The molecule has 0 unspecified atom stereocenters. The average molecular weight is 437 g/mol. The Labute approximate surface area is 177 Å². The number of nitrogens with zero attached hydrogens (tertiary/aromatic N) is 1. The van der Waals surface area contributed by atoms with Gasteiger partial charge < -0.3 is 31.7 Å². The van der Waals surface area contributed by atoms with Gasteiger partial charge in [-0.3, -0.25) is 14.9 Å². The van der Waals surface area contributed by atoms with E-state index >= 15 is 0 Å². The molecule has 1 heterocycles. The van der Waals surface area contributed by atoms with E-state index in [1.807, 2.05) is 0 Å². The van der Waals surface area contributed by atoms with E-state index in [4.69, 9.17) is 26.4 Å². The number of aliphatic carboxylic acids is 2. The lowest BCUT2D eigenvalue weighted by atomic mass is 10.2. The number of carbonyl (C=O) groups is 3. The molecule has 0 fully saturated rings. The van der Waals surface area contributed by atoms with Gasteiger partial charge >= 0.3 is 18.0 Å². The molecule has 1 aromatic carbocycles. The summed E-state index contributed by atoms with van der Waals surface area (Å²) in [6.07, 6.45) is -1.11. The molecule has 1 amide bonds. The number of nitrogens with one attached hydrogen (secondary N) is 2. The first-order chi connectivity index (χ1) is 14.6. The average Bonchev–Trinajstić information content (AvgIpc) is 2.69. The molecule has 0 saturated carbocycles. The number of carboxylic acids is 2. The Morgan fingerprint density at radius 2 is 1.81 bits per heavy atom. The monoisotopic (exact) mass is 437 g/mol. The highest BCUT2D eigenvalue weighted by Gasteiger charge is 2.14. The predicted octanol–water partition coefficient (Wildman–Crippen LogP) is 1.86. The Bertz CT molecular complexity index is 894. The van der Waals surface area contributed by atoms with Crippen LogP contribution in [-0.4, -0.2) is 45.9 Å². The third-order valence-corrected chi connectivity index (χ3v) is 3.54. The van der Waals surface area contributed by atoms with Gasteiger partial charge in [0.2, 0.25) is 0 Å². The van der Waals surface area contributed by atoms with E-state index in [0.29, 0.717) is 18.1 Å². The van der Waals surface area contributed by atoms with Crippen LogP contribution in [0.5, 0.6) is 0 Å². The summed E-state index contributed by atoms with van der Waals surface area (Å²) in [6, 6.07) is 8.18. The second-order valence-electron chi connectivity index (χ2n) is 6.00. The fourth-order valence-corrected chi connectivity index (χ4v) is 2.03. The van der Waals surface area contributed by atoms with Gasteiger partial charge in [-0.2, -0.15) is 0 Å². The number of nitrogen functional groups attached to an aromatic ring is 1. The van der Waals surface area contributed by atoms with Crippen LogP contribution in [-0.2, 0) is 20.9 Å². The molecule has 8 N–H and O–H groups in total. The van der Waals surface area contributed by atoms with Crippen molar-refractivity contribution >= 4 is 35.4 Å². The number of rotatable bonds is 8. The number of nitrogens with two attached hydrogens (primary N) is 2. The summed E-state index contributed by atoms with van der Waals surface area (Å²) in [5.74, 6) is -2.05. The molecule has 0 bridgehead atoms. The van der Waals surface area contributed by atoms with Crippen molar-refractivity contribution < 1.29 is 33.7 Å². The molecule has 0 radical (unpaired) electrons. The van der Waals surface area contributed by atoms with Gasteiger partial charge in [0.05, 0.1) is 18.7 Å². The lowest BCUT2D eigenvalue weighted by molar-refractivity contribution is -0.144. The lowest BCUT2D eigenvalue weighted by Gasteiger charge is -2.10. The van der Waals surface area contributed by atoms with Crippen molar-refractivity contribution in [2.45, 2.75) is 25.9 Å². The fourth-order valence-electron chi connectivity index (χ4n) is 2.03. The van der Waals surface area contributed by atoms with Crippen molar-refractivity contribution in [3.63, 3.8) is 0 Å². The standard InChI is InChI=1S/C15H17FN4O2.C4H7NO4/c1-2-22-15(21)19-12-7-8-13(20-14(12)17)18-9-10-3-5-11(16)6-4-10;5-2(4(8)9)1-3(6)7/h3-8H,2,9H2,1H3,(H,19,21)(H3,17,18,20);2H,1,5H2,(H,6,7)(H,8,9)/t;2-/m.0/s1. The Hall–Kier alpha value is -3.93. The molecule has 0 aliphatic carbocycles. The first kappa shape index (κ1) is 25.1. The number of benzene rings is 1. The Balaban J connectivity index is 0.000000452. The van der Waals surface area contributed by atoms with E-state index in [2.05, 4.69) is 15.6 Å². The van der Waals surface area contributed by atoms with Gasteiger partial charge in [0.25, 0.3) is 0 Å². The largest absolute Gasteiger partial charge is 0.481 e. The summed E-state index contributed by atoms with van der Waals surface area (Å²) in [7, 11) is 0. The van der Waals surface area contributed by atoms with Crippen LogP contribution < -0.4 is 22.1 Å². The molecule has 168 valence electrons. The van der Waals surface area contributed by atoms with E-state index in [0.717, 1.165) is 5.56 Å². The van der Waals surface area contributed by atoms with Crippen molar-refractivity contribution in [3.8, 4) is 0 Å². The zero-order chi connectivity index (χ0) is 23.4. The molecular weight excluding hydrogens is 413 g/mol. The van der Waals surface area contributed by atoms with Crippen molar-refractivity contribution in [3.05, 3.63) is 47.8 Å². The van der Waals surface area contributed by atoms with Crippen LogP contribution in [0.25, 0.3) is 0 Å². The number of ether oxygens (including phenoxy) is 1. The molecule has 1 atom stereocenters. The van der Waals surface area contributed by atoms with Crippen LogP contribution >= 0.6 is 0 Å². The first-order valence-corrected chi connectivity index (χ1v) is 9.01. The van der Waals surface area contributed by atoms with Crippen molar-refractivity contribution in [1.82, 2.24) is 4.98 Å². The maximum absolute atomic E-state index is 12.8. The van der Waals surface area contributed by atoms with Gasteiger partial charge in [-0.25, -0.2) is 14.2 Å². The third-order valence-electron chi connectivity index (χ3n) is 3.54. The topological polar surface area (TPSA) is 190 Å². The van der Waals surface area contributed by atoms with E-state index in [1.54, 1.807) is 31.2 Å². The van der Waals surface area contributed by atoms with E-state index in [1.165, 1.54) is 12.1 Å². The van der Waals surface area contributed by atoms with Crippen LogP contribution in [0.1, 0.15) is 18.9 Å². The maximum atomic E-state index is 12.8. The number of anilines is 3. The van der Waals surface area contributed by atoms with Crippen LogP contribution in [0.3, 0.4) is 0 Å². The highest BCUT2D eigenvalue weighted by Crippen LogP contribution is 2.19. The number of aromatic nitrogens is 1. The van der Waals surface area contributed by atoms with Crippen LogP contribution in [0.15, 0.2) is 36.4 Å². The summed E-state index contributed by atoms with van der Waals surface area (Å²) in [5.41, 5.74) is 11.9. The van der Waals surface area contributed by atoms with E-state index in [9.17, 15) is 18.8 Å². The highest BCUT2D eigenvalue weighted by molar-refractivity contribution is 5.88. The molecule has 1 aromatic heterocycles. The molecule has 0 aliphatic rings. The number of hydrogen-bond donors (Lipinski definition) is 6. The molecule has 12 heteroatoms. The van der Waals surface area contributed by atoms with Gasteiger partial charge in [0, 0.05) is 6.54 Å². The molecule has 2 aromatic rings. The first-order valence-electron chi connectivity index (χ1n) is 9.01. The second-order valence-corrected chi connectivity index (χ2v) is 6.00. The number of halogens is 1. The zero-order valence-electron chi connectivity index (χ0n) is 16.7. The minimum Gasteiger partial charge on any atom is -0.481 e. The maximum Gasteiger partial charge on any atom is 0.411 e. The normalized spacial score (nSPS) is 10.8. The van der Waals surface area contributed by atoms with Crippen LogP contribution in [0, 0.1) is 5.82 Å². The number of carboxylic acid groups (broad SMARTS) is 2. The summed E-state index contributed by atoms with van der Waals surface area (Å²) in [5, 5.41) is 21.6. The fraction of sp³-hybridized carbons (Fsp3) is 0.263. The molecule has 2 rings (SSSR count). The van der Waals surface area contributed by atoms with Gasteiger partial charge in [0.15, 0.2) is 0 Å². The zero-order valence-corrected chi connectivity index (χ0v) is 16.7. The number of amides is 1. The van der Waals surface area contributed by atoms with E-state index in [-0.39, 0.29) is 18.2 Å². The molecule has 31 heavy (non-hydrogen) atoms. The lowest BCUT2D eigenvalue weighted by Crippen LogP contribution is -2.32. The van der Waals surface area contributed by atoms with Crippen LogP contribution in [0.2, 0.25) is 0 Å². The van der Waals surface area contributed by atoms with Gasteiger partial charge in [0.1, 0.15) is 23.5 Å². The number of pyridine rings is 1. The number of hydrogen-bond acceptors (Lipinski definition) is 8. The summed E-state index contributed by atoms with van der Waals surface area (Å²) in [6.45, 7) is 2.47. The second kappa shape index (κ2) is 12.6. The third kappa shape index (κ3) is 9.89. The minimum atomic E-state index is -1.29. The summed E-state index contributed by atoms with van der Waals surface area (Å²) in [4.78, 5) is 35.1. The molecular formula is C19H24FN5O6. The molecule has 0 spiro atoms. The quantitative estimate of drug-likeness (QED) is 0.355. The summed E-state index contributed by atoms with van der Waals surface area (Å²) < 4.78 is 17.6. The Morgan fingerprint density at radius 1 is 1.16 bits per heavy atom. The van der Waals surface area contributed by atoms with Gasteiger partial charge in [-0.15, -0.1) is 0 Å². The predicted molar refractivity (Wildman–Crippen MR) is 111 cm³/mol. The molecule has 0 saturated heterocycles. The van der Waals surface area contributed by atoms with Gasteiger partial charge in [-0.1, -0.05) is 12.1 Å².